The van der Waals surface area contributed by atoms with Crippen molar-refractivity contribution in [1.82, 2.24) is 10.2 Å². The molecule has 1 unspecified atom stereocenters. The zero-order valence-electron chi connectivity index (χ0n) is 22.8. The minimum Gasteiger partial charge on any atom is -0.354 e. The highest BCUT2D eigenvalue weighted by atomic mass is 32.2. The lowest BCUT2D eigenvalue weighted by atomic mass is 10.1. The van der Waals surface area contributed by atoms with Gasteiger partial charge in [0.25, 0.3) is 10.0 Å². The topological polar surface area (TPSA) is 86.8 Å². The van der Waals surface area contributed by atoms with E-state index in [0.717, 1.165) is 33.0 Å². The third-order valence-corrected chi connectivity index (χ3v) is 8.17. The zero-order chi connectivity index (χ0) is 27.9. The lowest BCUT2D eigenvalue weighted by molar-refractivity contribution is -0.139. The highest BCUT2D eigenvalue weighted by molar-refractivity contribution is 7.92. The molecule has 202 valence electrons. The molecule has 0 aromatic heterocycles. The third-order valence-electron chi connectivity index (χ3n) is 6.40. The monoisotopic (exact) mass is 535 g/mol. The molecule has 0 heterocycles. The minimum absolute atomic E-state index is 0.0904. The Bertz CT molecular complexity index is 1370. The molecule has 0 radical (unpaired) electrons. The van der Waals surface area contributed by atoms with Crippen LogP contribution in [-0.2, 0) is 26.2 Å². The molecule has 3 rings (SSSR count). The van der Waals surface area contributed by atoms with Crippen molar-refractivity contribution in [3.8, 4) is 0 Å². The molecule has 0 saturated heterocycles. The van der Waals surface area contributed by atoms with Gasteiger partial charge in [0.1, 0.15) is 12.6 Å². The number of aryl methyl sites for hydroxylation is 3. The number of benzene rings is 3. The van der Waals surface area contributed by atoms with Gasteiger partial charge < -0.3 is 10.2 Å². The van der Waals surface area contributed by atoms with Crippen molar-refractivity contribution in [2.75, 3.05) is 17.4 Å². The number of nitrogens with zero attached hydrogens (tertiary/aromatic N) is 2. The molecule has 0 spiro atoms. The van der Waals surface area contributed by atoms with Crippen molar-refractivity contribution >= 4 is 27.5 Å². The second-order valence-electron chi connectivity index (χ2n) is 9.59. The molecule has 1 atom stereocenters. The molecule has 0 aliphatic heterocycles. The van der Waals surface area contributed by atoms with Crippen molar-refractivity contribution in [3.05, 3.63) is 95.1 Å². The lowest BCUT2D eigenvalue weighted by Crippen LogP contribution is -2.51. The molecule has 1 N–H and O–H groups in total. The first-order valence-corrected chi connectivity index (χ1v) is 14.3. The van der Waals surface area contributed by atoms with Crippen LogP contribution >= 0.6 is 0 Å². The van der Waals surface area contributed by atoms with Crippen LogP contribution in [0.2, 0.25) is 0 Å². The molecule has 3 aromatic carbocycles. The molecule has 0 fully saturated rings. The van der Waals surface area contributed by atoms with Crippen molar-refractivity contribution in [1.29, 1.82) is 0 Å². The van der Waals surface area contributed by atoms with Gasteiger partial charge in [0.15, 0.2) is 0 Å². The molecule has 2 amide bonds. The molecule has 0 aliphatic rings. The molecule has 0 saturated carbocycles. The minimum atomic E-state index is -4.08. The number of hydrogen-bond acceptors (Lipinski definition) is 4. The van der Waals surface area contributed by atoms with E-state index in [-0.39, 0.29) is 17.3 Å². The van der Waals surface area contributed by atoms with Crippen molar-refractivity contribution in [2.24, 2.45) is 0 Å². The quantitative estimate of drug-likeness (QED) is 0.384. The number of anilines is 1. The molecule has 0 bridgehead atoms. The average molecular weight is 536 g/mol. The second-order valence-corrected chi connectivity index (χ2v) is 11.5. The van der Waals surface area contributed by atoms with Gasteiger partial charge in [-0.15, -0.1) is 0 Å². The Balaban J connectivity index is 2.05. The van der Waals surface area contributed by atoms with Gasteiger partial charge in [-0.25, -0.2) is 8.42 Å². The number of hydrogen-bond donors (Lipinski definition) is 1. The predicted molar refractivity (Wildman–Crippen MR) is 151 cm³/mol. The van der Waals surface area contributed by atoms with Gasteiger partial charge in [0.05, 0.1) is 10.6 Å². The van der Waals surface area contributed by atoms with Crippen LogP contribution in [-0.4, -0.2) is 44.3 Å². The van der Waals surface area contributed by atoms with E-state index in [1.54, 1.807) is 31.2 Å². The molecular formula is C30H37N3O4S. The molecule has 0 aliphatic carbocycles. The first-order chi connectivity index (χ1) is 18.0. The fourth-order valence-electron chi connectivity index (χ4n) is 4.21. The van der Waals surface area contributed by atoms with Crippen molar-refractivity contribution in [2.45, 2.75) is 58.5 Å². The van der Waals surface area contributed by atoms with E-state index in [9.17, 15) is 18.0 Å². The fourth-order valence-corrected chi connectivity index (χ4v) is 5.70. The fraction of sp³-hybridized carbons (Fsp3) is 0.333. The van der Waals surface area contributed by atoms with Gasteiger partial charge in [-0.2, -0.15) is 0 Å². The molecular weight excluding hydrogens is 498 g/mol. The van der Waals surface area contributed by atoms with E-state index >= 15 is 0 Å². The van der Waals surface area contributed by atoms with E-state index in [2.05, 4.69) is 5.32 Å². The summed E-state index contributed by atoms with van der Waals surface area (Å²) in [6.07, 6.45) is 0.764. The zero-order valence-corrected chi connectivity index (χ0v) is 23.6. The number of rotatable bonds is 11. The molecule has 8 heteroatoms. The predicted octanol–water partition coefficient (Wildman–Crippen LogP) is 4.75. The van der Waals surface area contributed by atoms with Crippen LogP contribution in [0, 0.1) is 20.8 Å². The normalized spacial score (nSPS) is 12.0. The summed E-state index contributed by atoms with van der Waals surface area (Å²) < 4.78 is 28.9. The maximum absolute atomic E-state index is 13.9. The third kappa shape index (κ3) is 7.01. The van der Waals surface area contributed by atoms with E-state index in [0.29, 0.717) is 12.2 Å². The SMILES string of the molecule is CCCNC(=O)C(C)N(Cc1cccc(C)c1)C(=O)CN(c1cc(C)ccc1C)S(=O)(=O)c1ccccc1. The first kappa shape index (κ1) is 28.9. The largest absolute Gasteiger partial charge is 0.354 e. The summed E-state index contributed by atoms with van der Waals surface area (Å²) in [5.41, 5.74) is 3.91. The number of sulfonamides is 1. The Labute approximate surface area is 226 Å². The number of carbonyl (C=O) groups excluding carboxylic acids is 2. The summed E-state index contributed by atoms with van der Waals surface area (Å²) in [6, 6.07) is 20.5. The van der Waals surface area contributed by atoms with E-state index in [4.69, 9.17) is 0 Å². The second kappa shape index (κ2) is 12.7. The van der Waals surface area contributed by atoms with Crippen LogP contribution in [0.15, 0.2) is 77.7 Å². The Morgan fingerprint density at radius 3 is 2.24 bits per heavy atom. The maximum atomic E-state index is 13.9. The maximum Gasteiger partial charge on any atom is 0.264 e. The van der Waals surface area contributed by atoms with Crippen LogP contribution < -0.4 is 9.62 Å². The molecule has 38 heavy (non-hydrogen) atoms. The highest BCUT2D eigenvalue weighted by Crippen LogP contribution is 2.28. The summed E-state index contributed by atoms with van der Waals surface area (Å²) in [4.78, 5) is 28.4. The summed E-state index contributed by atoms with van der Waals surface area (Å²) in [6.45, 7) is 9.50. The first-order valence-electron chi connectivity index (χ1n) is 12.8. The lowest BCUT2D eigenvalue weighted by Gasteiger charge is -2.32. The summed E-state index contributed by atoms with van der Waals surface area (Å²) in [5, 5.41) is 2.86. The summed E-state index contributed by atoms with van der Waals surface area (Å²) >= 11 is 0. The standard InChI is InChI=1S/C30H37N3O4S/c1-6-17-31-30(35)25(5)32(20-26-12-10-11-22(2)18-26)29(34)21-33(28-19-23(3)15-16-24(28)4)38(36,37)27-13-8-7-9-14-27/h7-16,18-19,25H,6,17,20-21H2,1-5H3,(H,31,35). The van der Waals surface area contributed by atoms with Crippen LogP contribution in [0.1, 0.15) is 42.5 Å². The Hall–Kier alpha value is -3.65. The van der Waals surface area contributed by atoms with Crippen LogP contribution in [0.4, 0.5) is 5.69 Å². The number of amides is 2. The highest BCUT2D eigenvalue weighted by Gasteiger charge is 2.33. The number of nitrogens with one attached hydrogen (secondary N) is 1. The Kier molecular flexibility index (Phi) is 9.69. The Morgan fingerprint density at radius 1 is 0.895 bits per heavy atom. The van der Waals surface area contributed by atoms with Gasteiger partial charge in [-0.1, -0.05) is 67.1 Å². The van der Waals surface area contributed by atoms with Crippen molar-refractivity contribution < 1.29 is 18.0 Å². The summed E-state index contributed by atoms with van der Waals surface area (Å²) in [7, 11) is -4.08. The van der Waals surface area contributed by atoms with Crippen LogP contribution in [0.5, 0.6) is 0 Å². The van der Waals surface area contributed by atoms with Crippen LogP contribution in [0.25, 0.3) is 0 Å². The summed E-state index contributed by atoms with van der Waals surface area (Å²) in [5.74, 6) is -0.747. The van der Waals surface area contributed by atoms with E-state index in [1.807, 2.05) is 64.1 Å². The smallest absolute Gasteiger partial charge is 0.264 e. The van der Waals surface area contributed by atoms with Crippen molar-refractivity contribution in [3.63, 3.8) is 0 Å². The average Bonchev–Trinajstić information content (AvgIpc) is 2.90. The van der Waals surface area contributed by atoms with Gasteiger partial charge in [-0.3, -0.25) is 13.9 Å². The Morgan fingerprint density at radius 2 is 1.58 bits per heavy atom. The van der Waals surface area contributed by atoms with Gasteiger partial charge in [-0.05, 0) is 69.0 Å². The van der Waals surface area contributed by atoms with Gasteiger partial charge in [0.2, 0.25) is 11.8 Å². The number of carbonyl (C=O) groups is 2. The van der Waals surface area contributed by atoms with E-state index in [1.165, 1.54) is 17.0 Å². The van der Waals surface area contributed by atoms with Gasteiger partial charge >= 0.3 is 0 Å². The van der Waals surface area contributed by atoms with E-state index < -0.39 is 28.5 Å². The molecule has 3 aromatic rings. The van der Waals surface area contributed by atoms with Crippen LogP contribution in [0.3, 0.4) is 0 Å². The molecule has 7 nitrogen and oxygen atoms in total. The van der Waals surface area contributed by atoms with Gasteiger partial charge in [0, 0.05) is 13.1 Å².